The molecule has 0 unspecified atom stereocenters. The second kappa shape index (κ2) is 5.91. The normalized spacial score (nSPS) is 37.4. The maximum absolute atomic E-state index is 12.2. The number of hydrogen-bond acceptors (Lipinski definition) is 5. The van der Waals surface area contributed by atoms with Crippen molar-refractivity contribution in [2.24, 2.45) is 5.92 Å². The van der Waals surface area contributed by atoms with Crippen LogP contribution in [-0.4, -0.2) is 44.5 Å². The molecule has 142 valence electrons. The first-order chi connectivity index (χ1) is 11.4. The Morgan fingerprint density at radius 2 is 2.00 bits per heavy atom. The maximum Gasteiger partial charge on any atom is 0.314 e. The minimum atomic E-state index is -1.73. The Morgan fingerprint density at radius 3 is 2.64 bits per heavy atom. The molecule has 2 heterocycles. The van der Waals surface area contributed by atoms with Gasteiger partial charge in [0.15, 0.2) is 8.32 Å². The van der Waals surface area contributed by atoms with E-state index in [0.29, 0.717) is 19.4 Å². The van der Waals surface area contributed by atoms with Gasteiger partial charge in [-0.25, -0.2) is 0 Å². The first-order valence-electron chi connectivity index (χ1n) is 9.25. The lowest BCUT2D eigenvalue weighted by atomic mass is 9.65. The van der Waals surface area contributed by atoms with Crippen LogP contribution in [0.15, 0.2) is 12.2 Å². The topological polar surface area (TPSA) is 54.0 Å². The highest BCUT2D eigenvalue weighted by atomic mass is 28.4. The number of carbonyl (C=O) groups is 1. The van der Waals surface area contributed by atoms with Crippen LogP contribution in [0.5, 0.6) is 0 Å². The van der Waals surface area contributed by atoms with Crippen LogP contribution in [0.2, 0.25) is 18.1 Å². The van der Waals surface area contributed by atoms with E-state index in [1.807, 2.05) is 6.08 Å². The Hall–Kier alpha value is -0.693. The van der Waals surface area contributed by atoms with E-state index in [0.717, 1.165) is 0 Å². The molecule has 5 nitrogen and oxygen atoms in total. The molecule has 1 saturated carbocycles. The van der Waals surface area contributed by atoms with E-state index >= 15 is 0 Å². The van der Waals surface area contributed by atoms with Crippen molar-refractivity contribution in [3.63, 3.8) is 0 Å². The molecule has 0 aromatic rings. The van der Waals surface area contributed by atoms with Gasteiger partial charge in [-0.15, -0.1) is 0 Å². The third-order valence-corrected chi connectivity index (χ3v) is 10.7. The fraction of sp³-hybridized carbons (Fsp3) is 0.842. The maximum atomic E-state index is 12.2. The fourth-order valence-corrected chi connectivity index (χ4v) is 4.70. The zero-order valence-corrected chi connectivity index (χ0v) is 17.5. The molecule has 0 aromatic heterocycles. The van der Waals surface area contributed by atoms with E-state index in [-0.39, 0.29) is 29.1 Å². The first kappa shape index (κ1) is 19.1. The first-order valence-corrected chi connectivity index (χ1v) is 12.2. The van der Waals surface area contributed by atoms with Gasteiger partial charge in [-0.1, -0.05) is 32.9 Å². The third kappa shape index (κ3) is 3.34. The van der Waals surface area contributed by atoms with Crippen molar-refractivity contribution in [2.75, 3.05) is 6.61 Å². The largest absolute Gasteiger partial charge is 0.433 e. The summed E-state index contributed by atoms with van der Waals surface area (Å²) in [6.45, 7) is 15.4. The van der Waals surface area contributed by atoms with E-state index in [4.69, 9.17) is 18.6 Å². The molecular formula is C19H32O5Si. The standard InChI is InChI=1S/C19H32O5Si/c1-17(2,3)25(6,7)21-10-8-9-13-12-19-14(11-15(19)22-13)16(20)23-18(4,5)24-19/h8-9,13-15H,10-12H2,1-7H3/b9-8+/t13-,14+,15-,19-/m1/s1. The van der Waals surface area contributed by atoms with Crippen molar-refractivity contribution < 1.29 is 23.4 Å². The quantitative estimate of drug-likeness (QED) is 0.429. The molecule has 2 saturated heterocycles. The molecule has 1 aliphatic carbocycles. The highest BCUT2D eigenvalue weighted by Gasteiger charge is 2.69. The van der Waals surface area contributed by atoms with Crippen molar-refractivity contribution in [1.29, 1.82) is 0 Å². The van der Waals surface area contributed by atoms with Gasteiger partial charge in [-0.05, 0) is 24.6 Å². The molecule has 3 fully saturated rings. The third-order valence-electron chi connectivity index (χ3n) is 6.21. The molecule has 0 aromatic carbocycles. The van der Waals surface area contributed by atoms with Gasteiger partial charge in [-0.2, -0.15) is 0 Å². The van der Waals surface area contributed by atoms with Crippen LogP contribution in [0.1, 0.15) is 47.5 Å². The monoisotopic (exact) mass is 368 g/mol. The van der Waals surface area contributed by atoms with E-state index in [1.165, 1.54) is 0 Å². The van der Waals surface area contributed by atoms with Crippen LogP contribution in [-0.2, 0) is 23.4 Å². The minimum Gasteiger partial charge on any atom is -0.433 e. The highest BCUT2D eigenvalue weighted by molar-refractivity contribution is 6.74. The Bertz CT molecular complexity index is 577. The summed E-state index contributed by atoms with van der Waals surface area (Å²) >= 11 is 0. The zero-order valence-electron chi connectivity index (χ0n) is 16.5. The summed E-state index contributed by atoms with van der Waals surface area (Å²) in [6, 6.07) is 0. The molecule has 6 heteroatoms. The molecule has 0 radical (unpaired) electrons. The van der Waals surface area contributed by atoms with Gasteiger partial charge in [0.25, 0.3) is 0 Å². The number of hydrogen-bond donors (Lipinski definition) is 0. The molecule has 4 atom stereocenters. The molecule has 0 bridgehead atoms. The predicted molar refractivity (Wildman–Crippen MR) is 97.7 cm³/mol. The van der Waals surface area contributed by atoms with Gasteiger partial charge < -0.3 is 18.6 Å². The summed E-state index contributed by atoms with van der Waals surface area (Å²) in [5.74, 6) is -1.21. The van der Waals surface area contributed by atoms with Crippen LogP contribution in [0.4, 0.5) is 0 Å². The minimum absolute atomic E-state index is 0.0133. The molecule has 3 rings (SSSR count). The molecule has 0 amide bonds. The average Bonchev–Trinajstić information content (AvgIpc) is 2.65. The molecule has 0 N–H and O–H groups in total. The average molecular weight is 369 g/mol. The molecule has 3 aliphatic rings. The number of rotatable bonds is 4. The summed E-state index contributed by atoms with van der Waals surface area (Å²) in [7, 11) is -1.73. The Morgan fingerprint density at radius 1 is 1.32 bits per heavy atom. The van der Waals surface area contributed by atoms with Crippen LogP contribution in [0, 0.1) is 5.92 Å². The molecule has 2 aliphatic heterocycles. The Kier molecular flexibility index (Phi) is 4.51. The molecule has 25 heavy (non-hydrogen) atoms. The summed E-state index contributed by atoms with van der Waals surface area (Å²) in [5.41, 5.74) is -0.506. The van der Waals surface area contributed by atoms with E-state index in [1.54, 1.807) is 13.8 Å². The van der Waals surface area contributed by atoms with Crippen molar-refractivity contribution >= 4 is 14.3 Å². The Balaban J connectivity index is 1.58. The van der Waals surface area contributed by atoms with Crippen molar-refractivity contribution in [3.8, 4) is 0 Å². The zero-order chi connectivity index (χ0) is 18.7. The number of carbonyl (C=O) groups excluding carboxylic acids is 1. The number of esters is 1. The number of cyclic esters (lactones) is 1. The molecule has 1 spiro atoms. The summed E-state index contributed by atoms with van der Waals surface area (Å²) in [6.07, 6.45) is 5.47. The van der Waals surface area contributed by atoms with Gasteiger partial charge in [0, 0.05) is 20.3 Å². The highest BCUT2D eigenvalue weighted by Crippen LogP contribution is 2.57. The smallest absolute Gasteiger partial charge is 0.314 e. The van der Waals surface area contributed by atoms with E-state index in [9.17, 15) is 4.79 Å². The summed E-state index contributed by atoms with van der Waals surface area (Å²) < 4.78 is 23.8. The van der Waals surface area contributed by atoms with Crippen LogP contribution < -0.4 is 0 Å². The van der Waals surface area contributed by atoms with Crippen molar-refractivity contribution in [2.45, 2.75) is 89.2 Å². The fourth-order valence-electron chi connectivity index (χ4n) is 3.75. The lowest BCUT2D eigenvalue weighted by Gasteiger charge is -2.55. The summed E-state index contributed by atoms with van der Waals surface area (Å²) in [4.78, 5) is 12.2. The van der Waals surface area contributed by atoms with Gasteiger partial charge in [0.05, 0.1) is 24.7 Å². The van der Waals surface area contributed by atoms with Crippen LogP contribution >= 0.6 is 0 Å². The van der Waals surface area contributed by atoms with Crippen LogP contribution in [0.25, 0.3) is 0 Å². The van der Waals surface area contributed by atoms with E-state index in [2.05, 4.69) is 39.9 Å². The Labute approximate surface area is 152 Å². The van der Waals surface area contributed by atoms with Crippen molar-refractivity contribution in [1.82, 2.24) is 0 Å². The number of ether oxygens (including phenoxy) is 3. The predicted octanol–water partition coefficient (Wildman–Crippen LogP) is 3.79. The lowest BCUT2D eigenvalue weighted by molar-refractivity contribution is -0.342. The van der Waals surface area contributed by atoms with Gasteiger partial charge in [0.2, 0.25) is 5.79 Å². The van der Waals surface area contributed by atoms with Crippen molar-refractivity contribution in [3.05, 3.63) is 12.2 Å². The lowest BCUT2D eigenvalue weighted by Crippen LogP contribution is -2.68. The molecular weight excluding hydrogens is 336 g/mol. The van der Waals surface area contributed by atoms with Gasteiger partial charge in [-0.3, -0.25) is 4.79 Å². The second-order valence-electron chi connectivity index (χ2n) is 9.53. The SMILES string of the molecule is CC1(C)OC(=O)[C@@H]2C[C@H]3O[C@H](/C=C/CO[Si](C)(C)C(C)(C)C)C[C@]32O1. The van der Waals surface area contributed by atoms with Gasteiger partial charge >= 0.3 is 5.97 Å². The van der Waals surface area contributed by atoms with E-state index < -0.39 is 19.7 Å². The summed E-state index contributed by atoms with van der Waals surface area (Å²) in [5, 5.41) is 0.206. The van der Waals surface area contributed by atoms with Crippen LogP contribution in [0.3, 0.4) is 0 Å². The second-order valence-corrected chi connectivity index (χ2v) is 14.3. The van der Waals surface area contributed by atoms with Gasteiger partial charge in [0.1, 0.15) is 5.60 Å².